The van der Waals surface area contributed by atoms with Crippen molar-refractivity contribution in [1.82, 2.24) is 14.9 Å². The lowest BCUT2D eigenvalue weighted by Crippen LogP contribution is -2.31. The van der Waals surface area contributed by atoms with Crippen molar-refractivity contribution < 1.29 is 27.1 Å². The topological polar surface area (TPSA) is 105 Å². The zero-order valence-electron chi connectivity index (χ0n) is 17.9. The first kappa shape index (κ1) is 23.5. The SMILES string of the molecule is C[C@@H](NS(=O)(=O)CCCCCC1C(=O)NC(=O)N1C)c1ccc(F)c(OCC2CC2)c1. The Morgan fingerprint density at radius 2 is 2.00 bits per heavy atom. The molecule has 1 heterocycles. The molecule has 1 saturated carbocycles. The Kier molecular flexibility index (Phi) is 7.53. The maximum atomic E-state index is 14.0. The first-order valence-electron chi connectivity index (χ1n) is 10.7. The third-order valence-electron chi connectivity index (χ3n) is 5.69. The number of hydrogen-bond acceptors (Lipinski definition) is 5. The van der Waals surface area contributed by atoms with Crippen LogP contribution in [0.4, 0.5) is 9.18 Å². The molecule has 2 N–H and O–H groups in total. The lowest BCUT2D eigenvalue weighted by Gasteiger charge is -2.17. The largest absolute Gasteiger partial charge is 0.490 e. The monoisotopic (exact) mass is 455 g/mol. The lowest BCUT2D eigenvalue weighted by atomic mass is 10.1. The van der Waals surface area contributed by atoms with Gasteiger partial charge in [0.05, 0.1) is 12.4 Å². The number of halogens is 1. The number of sulfonamides is 1. The van der Waals surface area contributed by atoms with Crippen LogP contribution in [-0.2, 0) is 14.8 Å². The van der Waals surface area contributed by atoms with Gasteiger partial charge in [-0.25, -0.2) is 22.3 Å². The number of urea groups is 1. The van der Waals surface area contributed by atoms with Gasteiger partial charge in [-0.3, -0.25) is 10.1 Å². The van der Waals surface area contributed by atoms with E-state index < -0.39 is 34.0 Å². The summed E-state index contributed by atoms with van der Waals surface area (Å²) in [5.41, 5.74) is 0.635. The van der Waals surface area contributed by atoms with E-state index in [9.17, 15) is 22.4 Å². The van der Waals surface area contributed by atoms with Gasteiger partial charge in [-0.05, 0) is 56.2 Å². The number of hydrogen-bond donors (Lipinski definition) is 2. The highest BCUT2D eigenvalue weighted by atomic mass is 32.2. The molecule has 2 fully saturated rings. The average Bonchev–Trinajstić information content (AvgIpc) is 3.49. The van der Waals surface area contributed by atoms with Crippen LogP contribution in [0.3, 0.4) is 0 Å². The van der Waals surface area contributed by atoms with Crippen molar-refractivity contribution in [2.45, 2.75) is 57.5 Å². The molecule has 8 nitrogen and oxygen atoms in total. The summed E-state index contributed by atoms with van der Waals surface area (Å²) in [6.45, 7) is 2.19. The van der Waals surface area contributed by atoms with Crippen molar-refractivity contribution in [3.05, 3.63) is 29.6 Å². The summed E-state index contributed by atoms with van der Waals surface area (Å²) in [7, 11) is -1.96. The van der Waals surface area contributed by atoms with Crippen LogP contribution in [-0.4, -0.2) is 50.7 Å². The van der Waals surface area contributed by atoms with Crippen LogP contribution in [0.2, 0.25) is 0 Å². The highest BCUT2D eigenvalue weighted by Crippen LogP contribution is 2.31. The zero-order chi connectivity index (χ0) is 22.6. The maximum Gasteiger partial charge on any atom is 0.324 e. The Labute approximate surface area is 182 Å². The van der Waals surface area contributed by atoms with Crippen molar-refractivity contribution >= 4 is 22.0 Å². The Bertz CT molecular complexity index is 920. The predicted octanol–water partition coefficient (Wildman–Crippen LogP) is 2.71. The van der Waals surface area contributed by atoms with Gasteiger partial charge in [0.2, 0.25) is 10.0 Å². The van der Waals surface area contributed by atoms with Crippen LogP contribution in [0.1, 0.15) is 57.1 Å². The molecule has 1 saturated heterocycles. The minimum Gasteiger partial charge on any atom is -0.490 e. The Morgan fingerprint density at radius 1 is 1.26 bits per heavy atom. The average molecular weight is 456 g/mol. The molecule has 1 aromatic rings. The smallest absolute Gasteiger partial charge is 0.324 e. The molecule has 3 amide bonds. The standard InChI is InChI=1S/C21H30FN3O5S/c1-14(16-9-10-17(22)19(12-16)30-13-15-7-8-15)24-31(28,29)11-5-3-4-6-18-20(26)23-21(27)25(18)2/h9-10,12,14-15,18,24H,3-8,11,13H2,1-2H3,(H,23,26,27)/t14-,18?/m1/s1. The molecule has 2 atom stereocenters. The van der Waals surface area contributed by atoms with Crippen LogP contribution in [0.5, 0.6) is 5.75 Å². The van der Waals surface area contributed by atoms with Gasteiger partial charge in [0.1, 0.15) is 6.04 Å². The minimum absolute atomic E-state index is 0.0464. The maximum absolute atomic E-state index is 14.0. The summed E-state index contributed by atoms with van der Waals surface area (Å²) in [6.07, 6.45) is 4.39. The van der Waals surface area contributed by atoms with Crippen LogP contribution in [0.15, 0.2) is 18.2 Å². The second kappa shape index (κ2) is 9.95. The van der Waals surface area contributed by atoms with Crippen LogP contribution in [0.25, 0.3) is 0 Å². The predicted molar refractivity (Wildman–Crippen MR) is 114 cm³/mol. The number of carbonyl (C=O) groups excluding carboxylic acids is 2. The van der Waals surface area contributed by atoms with Crippen molar-refractivity contribution in [3.63, 3.8) is 0 Å². The molecule has 31 heavy (non-hydrogen) atoms. The number of likely N-dealkylation sites (N-methyl/N-ethyl adjacent to an activating group) is 1. The van der Waals surface area contributed by atoms with E-state index in [0.717, 1.165) is 12.8 Å². The molecule has 2 aliphatic rings. The molecule has 172 valence electrons. The summed E-state index contributed by atoms with van der Waals surface area (Å²) in [6, 6.07) is 2.99. The molecule has 0 aromatic heterocycles. The van der Waals surface area contributed by atoms with Crippen LogP contribution in [0, 0.1) is 11.7 Å². The van der Waals surface area contributed by atoms with Crippen molar-refractivity contribution in [2.75, 3.05) is 19.4 Å². The zero-order valence-corrected chi connectivity index (χ0v) is 18.7. The fourth-order valence-corrected chi connectivity index (χ4v) is 4.89. The fraction of sp³-hybridized carbons (Fsp3) is 0.619. The molecule has 0 bridgehead atoms. The Balaban J connectivity index is 1.43. The molecule has 10 heteroatoms. The number of unbranched alkanes of at least 4 members (excludes halogenated alkanes) is 2. The quantitative estimate of drug-likeness (QED) is 0.372. The Hall–Kier alpha value is -2.20. The third kappa shape index (κ3) is 6.64. The number of nitrogens with one attached hydrogen (secondary N) is 2. The van der Waals surface area contributed by atoms with E-state index in [0.29, 0.717) is 43.8 Å². The highest BCUT2D eigenvalue weighted by Gasteiger charge is 2.34. The molecule has 1 aliphatic heterocycles. The Morgan fingerprint density at radius 3 is 2.65 bits per heavy atom. The van der Waals surface area contributed by atoms with Crippen molar-refractivity contribution in [3.8, 4) is 5.75 Å². The van der Waals surface area contributed by atoms with Crippen LogP contribution < -0.4 is 14.8 Å². The molecule has 1 unspecified atom stereocenters. The van der Waals surface area contributed by atoms with Gasteiger partial charge in [0, 0.05) is 13.1 Å². The minimum atomic E-state index is -3.53. The molecule has 0 spiro atoms. The molecule has 1 aromatic carbocycles. The lowest BCUT2D eigenvalue weighted by molar-refractivity contribution is -0.121. The summed E-state index contributed by atoms with van der Waals surface area (Å²) in [5, 5.41) is 2.25. The van der Waals surface area contributed by atoms with Gasteiger partial charge in [-0.2, -0.15) is 0 Å². The van der Waals surface area contributed by atoms with Crippen molar-refractivity contribution in [2.24, 2.45) is 5.92 Å². The number of benzene rings is 1. The van der Waals surface area contributed by atoms with Gasteiger partial charge in [0.15, 0.2) is 11.6 Å². The second-order valence-corrected chi connectivity index (χ2v) is 10.2. The van der Waals surface area contributed by atoms with E-state index in [1.54, 1.807) is 26.1 Å². The number of carbonyl (C=O) groups is 2. The van der Waals surface area contributed by atoms with E-state index in [4.69, 9.17) is 4.74 Å². The molecule has 3 rings (SSSR count). The van der Waals surface area contributed by atoms with E-state index >= 15 is 0 Å². The number of nitrogens with zero attached hydrogens (tertiary/aromatic N) is 1. The number of amides is 3. The number of imide groups is 1. The van der Waals surface area contributed by atoms with E-state index in [1.165, 1.54) is 11.0 Å². The number of ether oxygens (including phenoxy) is 1. The van der Waals surface area contributed by atoms with E-state index in [1.807, 2.05) is 0 Å². The molecular weight excluding hydrogens is 425 g/mol. The third-order valence-corrected chi connectivity index (χ3v) is 7.23. The highest BCUT2D eigenvalue weighted by molar-refractivity contribution is 7.89. The summed E-state index contributed by atoms with van der Waals surface area (Å²) in [5.74, 6) is -0.175. The van der Waals surface area contributed by atoms with Gasteiger partial charge in [-0.1, -0.05) is 18.9 Å². The van der Waals surface area contributed by atoms with E-state index in [2.05, 4.69) is 10.0 Å². The van der Waals surface area contributed by atoms with E-state index in [-0.39, 0.29) is 17.4 Å². The molecular formula is C21H30FN3O5S. The first-order valence-corrected chi connectivity index (χ1v) is 12.3. The normalized spacial score (nSPS) is 20.1. The molecule has 1 aliphatic carbocycles. The second-order valence-electron chi connectivity index (χ2n) is 8.37. The first-order chi connectivity index (χ1) is 14.7. The van der Waals surface area contributed by atoms with Gasteiger partial charge in [0.25, 0.3) is 5.91 Å². The summed E-state index contributed by atoms with van der Waals surface area (Å²) in [4.78, 5) is 24.5. The molecule has 0 radical (unpaired) electrons. The fourth-order valence-electron chi connectivity index (χ4n) is 3.51. The van der Waals surface area contributed by atoms with Gasteiger partial charge in [-0.15, -0.1) is 0 Å². The van der Waals surface area contributed by atoms with Gasteiger partial charge >= 0.3 is 6.03 Å². The summed E-state index contributed by atoms with van der Waals surface area (Å²) < 4.78 is 47.0. The van der Waals surface area contributed by atoms with Crippen LogP contribution >= 0.6 is 0 Å². The van der Waals surface area contributed by atoms with Crippen molar-refractivity contribution in [1.29, 1.82) is 0 Å². The summed E-state index contributed by atoms with van der Waals surface area (Å²) >= 11 is 0. The number of rotatable bonds is 12. The van der Waals surface area contributed by atoms with Gasteiger partial charge < -0.3 is 9.64 Å².